The first-order valence-electron chi connectivity index (χ1n) is 5.61. The quantitative estimate of drug-likeness (QED) is 0.889. The van der Waals surface area contributed by atoms with Crippen molar-refractivity contribution >= 4 is 21.6 Å². The van der Waals surface area contributed by atoms with Crippen molar-refractivity contribution < 1.29 is 13.2 Å². The van der Waals surface area contributed by atoms with E-state index in [1.54, 1.807) is 12.1 Å². The molecule has 7 heteroatoms. The summed E-state index contributed by atoms with van der Waals surface area (Å²) in [6, 6.07) is 6.14. The van der Waals surface area contributed by atoms with Crippen LogP contribution in [-0.2, 0) is 14.8 Å². The molecular formula is C11H15ClN2O3S. The molecule has 1 saturated heterocycles. The Balaban J connectivity index is 2.22. The van der Waals surface area contributed by atoms with Crippen molar-refractivity contribution in [3.05, 3.63) is 29.3 Å². The minimum absolute atomic E-state index is 0.235. The largest absolute Gasteiger partial charge is 0.374 e. The summed E-state index contributed by atoms with van der Waals surface area (Å²) < 4.78 is 31.4. The molecule has 0 radical (unpaired) electrons. The molecular weight excluding hydrogens is 276 g/mol. The predicted octanol–water partition coefficient (Wildman–Crippen LogP) is 0.688. The van der Waals surface area contributed by atoms with Gasteiger partial charge in [-0.15, -0.1) is 0 Å². The van der Waals surface area contributed by atoms with E-state index in [9.17, 15) is 8.42 Å². The van der Waals surface area contributed by atoms with Crippen LogP contribution in [-0.4, -0.2) is 45.1 Å². The lowest BCUT2D eigenvalue weighted by molar-refractivity contribution is 0.00450. The molecule has 1 aliphatic rings. The first-order valence-corrected chi connectivity index (χ1v) is 7.43. The molecule has 0 bridgehead atoms. The van der Waals surface area contributed by atoms with Crippen molar-refractivity contribution in [2.45, 2.75) is 11.0 Å². The van der Waals surface area contributed by atoms with Crippen LogP contribution in [0.15, 0.2) is 29.2 Å². The highest BCUT2D eigenvalue weighted by atomic mass is 35.5. The molecule has 1 heterocycles. The Morgan fingerprint density at radius 1 is 1.39 bits per heavy atom. The zero-order valence-corrected chi connectivity index (χ0v) is 11.3. The van der Waals surface area contributed by atoms with Crippen LogP contribution in [0.1, 0.15) is 0 Å². The highest BCUT2D eigenvalue weighted by molar-refractivity contribution is 7.89. The van der Waals surface area contributed by atoms with Crippen molar-refractivity contribution in [2.24, 2.45) is 5.73 Å². The molecule has 1 aromatic carbocycles. The van der Waals surface area contributed by atoms with Crippen molar-refractivity contribution in [2.75, 3.05) is 26.2 Å². The van der Waals surface area contributed by atoms with Gasteiger partial charge in [0.1, 0.15) is 0 Å². The Bertz CT molecular complexity index is 504. The molecule has 1 aliphatic heterocycles. The number of halogens is 1. The fraction of sp³-hybridized carbons (Fsp3) is 0.455. The Morgan fingerprint density at radius 2 is 2.06 bits per heavy atom. The van der Waals surface area contributed by atoms with Crippen LogP contribution in [0.2, 0.25) is 5.02 Å². The van der Waals surface area contributed by atoms with Crippen molar-refractivity contribution in [3.63, 3.8) is 0 Å². The van der Waals surface area contributed by atoms with Crippen LogP contribution in [0.25, 0.3) is 0 Å². The van der Waals surface area contributed by atoms with Gasteiger partial charge < -0.3 is 10.5 Å². The van der Waals surface area contributed by atoms with Crippen LogP contribution in [0.4, 0.5) is 0 Å². The summed E-state index contributed by atoms with van der Waals surface area (Å²) in [6.45, 7) is 1.32. The van der Waals surface area contributed by atoms with Gasteiger partial charge in [0.05, 0.1) is 17.6 Å². The van der Waals surface area contributed by atoms with E-state index in [1.165, 1.54) is 16.4 Å². The smallest absolute Gasteiger partial charge is 0.243 e. The summed E-state index contributed by atoms with van der Waals surface area (Å²) in [4.78, 5) is 0.240. The topological polar surface area (TPSA) is 72.6 Å². The first-order chi connectivity index (χ1) is 8.54. The number of nitrogens with zero attached hydrogens (tertiary/aromatic N) is 1. The third kappa shape index (κ3) is 2.84. The summed E-state index contributed by atoms with van der Waals surface area (Å²) >= 11 is 5.75. The summed E-state index contributed by atoms with van der Waals surface area (Å²) in [6.07, 6.45) is -0.235. The number of hydrogen-bond donors (Lipinski definition) is 1. The van der Waals surface area contributed by atoms with Gasteiger partial charge in [0, 0.05) is 24.7 Å². The Labute approximate surface area is 112 Å². The van der Waals surface area contributed by atoms with E-state index in [0.29, 0.717) is 31.3 Å². The molecule has 1 atom stereocenters. The monoisotopic (exact) mass is 290 g/mol. The highest BCUT2D eigenvalue weighted by Gasteiger charge is 2.30. The number of hydrogen-bond acceptors (Lipinski definition) is 4. The summed E-state index contributed by atoms with van der Waals surface area (Å²) in [5.41, 5.74) is 5.50. The van der Waals surface area contributed by atoms with Gasteiger partial charge in [0.25, 0.3) is 0 Å². The molecule has 0 amide bonds. The summed E-state index contributed by atoms with van der Waals surface area (Å²) in [5.74, 6) is 0. The van der Waals surface area contributed by atoms with E-state index < -0.39 is 10.0 Å². The molecule has 0 aromatic heterocycles. The van der Waals surface area contributed by atoms with Crippen molar-refractivity contribution in [3.8, 4) is 0 Å². The van der Waals surface area contributed by atoms with Crippen LogP contribution in [0.3, 0.4) is 0 Å². The third-order valence-corrected chi connectivity index (χ3v) is 4.95. The molecule has 0 aliphatic carbocycles. The number of sulfonamides is 1. The second kappa shape index (κ2) is 5.54. The van der Waals surface area contributed by atoms with Gasteiger partial charge in [-0.05, 0) is 24.3 Å². The van der Waals surface area contributed by atoms with Crippen LogP contribution in [0.5, 0.6) is 0 Å². The SMILES string of the molecule is NC[C@@H]1CN(S(=O)(=O)c2ccc(Cl)cc2)CCO1. The fourth-order valence-corrected chi connectivity index (χ4v) is 3.39. The number of rotatable bonds is 3. The maximum Gasteiger partial charge on any atom is 0.243 e. The van der Waals surface area contributed by atoms with E-state index in [0.717, 1.165) is 0 Å². The molecule has 2 N–H and O–H groups in total. The molecule has 0 unspecified atom stereocenters. The van der Waals surface area contributed by atoms with E-state index in [4.69, 9.17) is 22.1 Å². The molecule has 5 nitrogen and oxygen atoms in total. The molecule has 2 rings (SSSR count). The fourth-order valence-electron chi connectivity index (χ4n) is 1.81. The van der Waals surface area contributed by atoms with Gasteiger partial charge in [-0.3, -0.25) is 0 Å². The first kappa shape index (κ1) is 13.8. The summed E-state index contributed by atoms with van der Waals surface area (Å²) in [7, 11) is -3.48. The maximum atomic E-state index is 12.3. The van der Waals surface area contributed by atoms with Gasteiger partial charge in [-0.1, -0.05) is 11.6 Å². The lowest BCUT2D eigenvalue weighted by Gasteiger charge is -2.31. The Hall–Kier alpha value is -0.660. The Morgan fingerprint density at radius 3 is 2.67 bits per heavy atom. The van der Waals surface area contributed by atoms with Crippen LogP contribution < -0.4 is 5.73 Å². The number of benzene rings is 1. The number of nitrogens with two attached hydrogens (primary N) is 1. The van der Waals surface area contributed by atoms with E-state index in [2.05, 4.69) is 0 Å². The zero-order chi connectivity index (χ0) is 13.2. The average molecular weight is 291 g/mol. The standard InChI is InChI=1S/C11H15ClN2O3S/c12-9-1-3-11(4-2-9)18(15,16)14-5-6-17-10(7-13)8-14/h1-4,10H,5-8,13H2/t10-/m1/s1. The number of morpholine rings is 1. The highest BCUT2D eigenvalue weighted by Crippen LogP contribution is 2.20. The minimum atomic E-state index is -3.48. The summed E-state index contributed by atoms with van der Waals surface area (Å²) in [5, 5.41) is 0.510. The molecule has 18 heavy (non-hydrogen) atoms. The second-order valence-corrected chi connectivity index (χ2v) is 6.42. The lowest BCUT2D eigenvalue weighted by atomic mass is 10.3. The van der Waals surface area contributed by atoms with Crippen molar-refractivity contribution in [1.82, 2.24) is 4.31 Å². The maximum absolute atomic E-state index is 12.3. The van der Waals surface area contributed by atoms with Gasteiger partial charge in [0.2, 0.25) is 10.0 Å². The van der Waals surface area contributed by atoms with Crippen molar-refractivity contribution in [1.29, 1.82) is 0 Å². The van der Waals surface area contributed by atoms with Crippen LogP contribution >= 0.6 is 11.6 Å². The third-order valence-electron chi connectivity index (χ3n) is 2.82. The van der Waals surface area contributed by atoms with E-state index in [-0.39, 0.29) is 11.0 Å². The lowest BCUT2D eigenvalue weighted by Crippen LogP contribution is -2.48. The van der Waals surface area contributed by atoms with Gasteiger partial charge >= 0.3 is 0 Å². The zero-order valence-electron chi connectivity index (χ0n) is 9.75. The molecule has 100 valence electrons. The average Bonchev–Trinajstić information content (AvgIpc) is 2.39. The van der Waals surface area contributed by atoms with Gasteiger partial charge in [-0.2, -0.15) is 4.31 Å². The van der Waals surface area contributed by atoms with Crippen LogP contribution in [0, 0.1) is 0 Å². The van der Waals surface area contributed by atoms with E-state index >= 15 is 0 Å². The van der Waals surface area contributed by atoms with E-state index in [1.807, 2.05) is 0 Å². The van der Waals surface area contributed by atoms with Gasteiger partial charge in [0.15, 0.2) is 0 Å². The molecule has 0 saturated carbocycles. The minimum Gasteiger partial charge on any atom is -0.374 e. The van der Waals surface area contributed by atoms with Gasteiger partial charge in [-0.25, -0.2) is 8.42 Å². The molecule has 0 spiro atoms. The second-order valence-electron chi connectivity index (χ2n) is 4.05. The number of ether oxygens (including phenoxy) is 1. The molecule has 1 aromatic rings. The Kier molecular flexibility index (Phi) is 4.24. The predicted molar refractivity (Wildman–Crippen MR) is 69.0 cm³/mol. The normalized spacial score (nSPS) is 22.0. The molecule has 1 fully saturated rings.